The van der Waals surface area contributed by atoms with Crippen LogP contribution >= 0.6 is 0 Å². The molecule has 0 aromatic heterocycles. The van der Waals surface area contributed by atoms with Crippen molar-refractivity contribution in [3.63, 3.8) is 0 Å². The zero-order valence-corrected chi connectivity index (χ0v) is 9.65. The van der Waals surface area contributed by atoms with Crippen molar-refractivity contribution in [2.24, 2.45) is 0 Å². The van der Waals surface area contributed by atoms with Crippen molar-refractivity contribution >= 4 is 5.97 Å². The molecule has 0 aliphatic rings. The molecule has 0 heterocycles. The summed E-state index contributed by atoms with van der Waals surface area (Å²) in [6.45, 7) is 1.56. The van der Waals surface area contributed by atoms with Crippen LogP contribution in [0.15, 0.2) is 24.3 Å². The van der Waals surface area contributed by atoms with E-state index >= 15 is 0 Å². The zero-order chi connectivity index (χ0) is 12.5. The van der Waals surface area contributed by atoms with Gasteiger partial charge in [0.05, 0.1) is 11.6 Å². The van der Waals surface area contributed by atoms with Crippen LogP contribution in [0.3, 0.4) is 0 Å². The Morgan fingerprint density at radius 2 is 2.00 bits per heavy atom. The van der Waals surface area contributed by atoms with Gasteiger partial charge >= 0.3 is 5.97 Å². The molecule has 90 valence electrons. The second-order valence-electron chi connectivity index (χ2n) is 3.84. The Hall–Kier alpha value is -1.86. The quantitative estimate of drug-likeness (QED) is 0.704. The number of carboxylic acids is 1. The van der Waals surface area contributed by atoms with Gasteiger partial charge in [-0.25, -0.2) is 0 Å². The van der Waals surface area contributed by atoms with E-state index < -0.39 is 5.97 Å². The second-order valence-corrected chi connectivity index (χ2v) is 3.84. The number of rotatable bonds is 7. The van der Waals surface area contributed by atoms with Crippen LogP contribution in [0.5, 0.6) is 0 Å². The molecule has 0 radical (unpaired) electrons. The fourth-order valence-corrected chi connectivity index (χ4v) is 1.46. The van der Waals surface area contributed by atoms with Gasteiger partial charge in [0.25, 0.3) is 0 Å². The summed E-state index contributed by atoms with van der Waals surface area (Å²) in [5.41, 5.74) is 1.79. The highest BCUT2D eigenvalue weighted by molar-refractivity contribution is 5.66. The molecule has 0 unspecified atom stereocenters. The van der Waals surface area contributed by atoms with Gasteiger partial charge in [-0.3, -0.25) is 4.79 Å². The Bertz CT molecular complexity index is 393. The van der Waals surface area contributed by atoms with Gasteiger partial charge < -0.3 is 10.4 Å². The van der Waals surface area contributed by atoms with Crippen LogP contribution in [0, 0.1) is 11.3 Å². The van der Waals surface area contributed by atoms with E-state index in [1.165, 1.54) is 0 Å². The van der Waals surface area contributed by atoms with Crippen molar-refractivity contribution in [3.8, 4) is 6.07 Å². The van der Waals surface area contributed by atoms with Crippen molar-refractivity contribution < 1.29 is 9.90 Å². The molecule has 0 spiro atoms. The first-order chi connectivity index (χ1) is 8.22. The van der Waals surface area contributed by atoms with Crippen LogP contribution in [-0.2, 0) is 11.3 Å². The molecule has 0 fully saturated rings. The number of benzene rings is 1. The van der Waals surface area contributed by atoms with Gasteiger partial charge in [-0.05, 0) is 37.1 Å². The Kier molecular flexibility index (Phi) is 5.76. The molecule has 0 saturated carbocycles. The van der Waals surface area contributed by atoms with E-state index in [-0.39, 0.29) is 6.42 Å². The van der Waals surface area contributed by atoms with E-state index in [9.17, 15) is 4.79 Å². The summed E-state index contributed by atoms with van der Waals surface area (Å²) in [6.07, 6.45) is 1.80. The Balaban J connectivity index is 2.14. The van der Waals surface area contributed by atoms with Gasteiger partial charge in [-0.15, -0.1) is 0 Å². The zero-order valence-electron chi connectivity index (χ0n) is 9.65. The van der Waals surface area contributed by atoms with E-state index in [1.807, 2.05) is 12.1 Å². The number of nitrogens with one attached hydrogen (secondary N) is 1. The SMILES string of the molecule is N#Cc1ccc(CNCCCCC(=O)O)cc1. The molecule has 1 aromatic rings. The summed E-state index contributed by atoms with van der Waals surface area (Å²) in [4.78, 5) is 10.3. The lowest BCUT2D eigenvalue weighted by Gasteiger charge is -2.04. The van der Waals surface area contributed by atoms with Crippen LogP contribution in [0.25, 0.3) is 0 Å². The van der Waals surface area contributed by atoms with Crippen LogP contribution < -0.4 is 5.32 Å². The molecule has 4 heteroatoms. The van der Waals surface area contributed by atoms with Crippen LogP contribution in [0.2, 0.25) is 0 Å². The minimum absolute atomic E-state index is 0.235. The third kappa shape index (κ3) is 5.69. The number of hydrogen-bond acceptors (Lipinski definition) is 3. The Morgan fingerprint density at radius 1 is 1.29 bits per heavy atom. The number of unbranched alkanes of at least 4 members (excludes halogenated alkanes) is 1. The lowest BCUT2D eigenvalue weighted by atomic mass is 10.1. The molecule has 0 amide bonds. The summed E-state index contributed by atoms with van der Waals surface area (Å²) in [6, 6.07) is 9.50. The molecule has 0 saturated heterocycles. The monoisotopic (exact) mass is 232 g/mol. The molecular weight excluding hydrogens is 216 g/mol. The van der Waals surface area contributed by atoms with E-state index in [2.05, 4.69) is 11.4 Å². The van der Waals surface area contributed by atoms with Crippen LogP contribution in [-0.4, -0.2) is 17.6 Å². The first-order valence-corrected chi connectivity index (χ1v) is 5.64. The topological polar surface area (TPSA) is 73.1 Å². The fourth-order valence-electron chi connectivity index (χ4n) is 1.46. The molecule has 0 atom stereocenters. The van der Waals surface area contributed by atoms with Gasteiger partial charge in [-0.2, -0.15) is 5.26 Å². The normalized spacial score (nSPS) is 9.82. The largest absolute Gasteiger partial charge is 0.481 e. The predicted molar refractivity (Wildman–Crippen MR) is 64.4 cm³/mol. The number of nitriles is 1. The smallest absolute Gasteiger partial charge is 0.303 e. The van der Waals surface area contributed by atoms with Crippen molar-refractivity contribution in [1.29, 1.82) is 5.26 Å². The summed E-state index contributed by atoms with van der Waals surface area (Å²) in [5, 5.41) is 20.3. The third-order valence-corrected chi connectivity index (χ3v) is 2.41. The van der Waals surface area contributed by atoms with Gasteiger partial charge in [0.15, 0.2) is 0 Å². The van der Waals surface area contributed by atoms with Gasteiger partial charge in [0.2, 0.25) is 0 Å². The van der Waals surface area contributed by atoms with Gasteiger partial charge in [0.1, 0.15) is 0 Å². The van der Waals surface area contributed by atoms with Crippen molar-refractivity contribution in [2.75, 3.05) is 6.54 Å². The Labute approximate surface area is 101 Å². The molecule has 0 bridgehead atoms. The van der Waals surface area contributed by atoms with Crippen LogP contribution in [0.1, 0.15) is 30.4 Å². The fraction of sp³-hybridized carbons (Fsp3) is 0.385. The molecule has 17 heavy (non-hydrogen) atoms. The highest BCUT2D eigenvalue weighted by Gasteiger charge is 1.97. The predicted octanol–water partition coefficient (Wildman–Crippen LogP) is 1.90. The highest BCUT2D eigenvalue weighted by Crippen LogP contribution is 2.03. The molecule has 1 rings (SSSR count). The van der Waals surface area contributed by atoms with Crippen LogP contribution in [0.4, 0.5) is 0 Å². The van der Waals surface area contributed by atoms with Crippen molar-refractivity contribution in [1.82, 2.24) is 5.32 Å². The highest BCUT2D eigenvalue weighted by atomic mass is 16.4. The summed E-state index contributed by atoms with van der Waals surface area (Å²) < 4.78 is 0. The number of aliphatic carboxylic acids is 1. The summed E-state index contributed by atoms with van der Waals surface area (Å²) in [7, 11) is 0. The second kappa shape index (κ2) is 7.42. The third-order valence-electron chi connectivity index (χ3n) is 2.41. The maximum Gasteiger partial charge on any atom is 0.303 e. The first-order valence-electron chi connectivity index (χ1n) is 5.64. The maximum absolute atomic E-state index is 10.3. The summed E-state index contributed by atoms with van der Waals surface area (Å²) in [5.74, 6) is -0.739. The number of nitrogens with zero attached hydrogens (tertiary/aromatic N) is 1. The van der Waals surface area contributed by atoms with Crippen molar-refractivity contribution in [3.05, 3.63) is 35.4 Å². The average Bonchev–Trinajstić information content (AvgIpc) is 2.34. The van der Waals surface area contributed by atoms with E-state index in [0.717, 1.165) is 25.1 Å². The van der Waals surface area contributed by atoms with Gasteiger partial charge in [-0.1, -0.05) is 12.1 Å². The lowest BCUT2D eigenvalue weighted by molar-refractivity contribution is -0.137. The molecular formula is C13H16N2O2. The molecule has 4 nitrogen and oxygen atoms in total. The average molecular weight is 232 g/mol. The van der Waals surface area contributed by atoms with Gasteiger partial charge in [0, 0.05) is 13.0 Å². The molecule has 1 aromatic carbocycles. The maximum atomic E-state index is 10.3. The van der Waals surface area contributed by atoms with E-state index in [0.29, 0.717) is 12.0 Å². The first kappa shape index (κ1) is 13.2. The van der Waals surface area contributed by atoms with Crippen molar-refractivity contribution in [2.45, 2.75) is 25.8 Å². The minimum Gasteiger partial charge on any atom is -0.481 e. The van der Waals surface area contributed by atoms with E-state index in [1.54, 1.807) is 12.1 Å². The Morgan fingerprint density at radius 3 is 2.59 bits per heavy atom. The molecule has 0 aliphatic heterocycles. The van der Waals surface area contributed by atoms with E-state index in [4.69, 9.17) is 10.4 Å². The number of carboxylic acid groups (broad SMARTS) is 1. The number of hydrogen-bond donors (Lipinski definition) is 2. The lowest BCUT2D eigenvalue weighted by Crippen LogP contribution is -2.14. The standard InChI is InChI=1S/C13H16N2O2/c14-9-11-4-6-12(7-5-11)10-15-8-2-1-3-13(16)17/h4-7,15H,1-3,8,10H2,(H,16,17). The number of carbonyl (C=O) groups is 1. The molecule has 2 N–H and O–H groups in total. The summed E-state index contributed by atoms with van der Waals surface area (Å²) >= 11 is 0. The molecule has 0 aliphatic carbocycles. The minimum atomic E-state index is -0.739.